The van der Waals surface area contributed by atoms with E-state index < -0.39 is 29.2 Å². The highest BCUT2D eigenvalue weighted by molar-refractivity contribution is 6.06. The van der Waals surface area contributed by atoms with Crippen molar-refractivity contribution in [3.63, 3.8) is 0 Å². The Kier molecular flexibility index (Phi) is 5.91. The van der Waals surface area contributed by atoms with Crippen LogP contribution in [-0.4, -0.2) is 38.7 Å². The summed E-state index contributed by atoms with van der Waals surface area (Å²) >= 11 is 0. The van der Waals surface area contributed by atoms with Gasteiger partial charge in [0, 0.05) is 11.9 Å². The molecule has 1 aliphatic rings. The van der Waals surface area contributed by atoms with Gasteiger partial charge < -0.3 is 16.2 Å². The van der Waals surface area contributed by atoms with E-state index in [0.717, 1.165) is 24.9 Å². The lowest BCUT2D eigenvalue weighted by molar-refractivity contribution is -0.151. The van der Waals surface area contributed by atoms with Crippen LogP contribution in [0.5, 0.6) is 0 Å². The quantitative estimate of drug-likeness (QED) is 0.657. The molecule has 29 heavy (non-hydrogen) atoms. The smallest absolute Gasteiger partial charge is 0.311 e. The van der Waals surface area contributed by atoms with Crippen molar-refractivity contribution in [2.75, 3.05) is 0 Å². The molecule has 3 rings (SSSR count). The highest BCUT2D eigenvalue weighted by Gasteiger charge is 2.42. The number of rotatable bonds is 7. The second-order valence-electron chi connectivity index (χ2n) is 8.39. The normalized spacial score (nSPS) is 16.5. The number of nitrogens with one attached hydrogen (secondary N) is 1. The Hall–Kier alpha value is -2.90. The summed E-state index contributed by atoms with van der Waals surface area (Å²) in [5.74, 6) is -2.22. The van der Waals surface area contributed by atoms with E-state index in [4.69, 9.17) is 5.73 Å². The van der Waals surface area contributed by atoms with E-state index in [9.17, 15) is 19.5 Å². The van der Waals surface area contributed by atoms with Crippen LogP contribution >= 0.6 is 0 Å². The summed E-state index contributed by atoms with van der Waals surface area (Å²) in [5, 5.41) is 17.1. The SMILES string of the molecule is CC(C)(C(=O)O)[C@H](NC(=O)c1nn(CC2CCCCC2)c2ccccc12)C(N)=O. The summed E-state index contributed by atoms with van der Waals surface area (Å²) in [7, 11) is 0. The van der Waals surface area contributed by atoms with Crippen LogP contribution in [0.1, 0.15) is 56.4 Å². The highest BCUT2D eigenvalue weighted by atomic mass is 16.4. The van der Waals surface area contributed by atoms with E-state index in [1.54, 1.807) is 6.07 Å². The second kappa shape index (κ2) is 8.23. The Balaban J connectivity index is 1.91. The van der Waals surface area contributed by atoms with E-state index in [0.29, 0.717) is 11.3 Å². The fourth-order valence-corrected chi connectivity index (χ4v) is 3.98. The van der Waals surface area contributed by atoms with Crippen LogP contribution in [-0.2, 0) is 16.1 Å². The minimum Gasteiger partial charge on any atom is -0.481 e. The molecule has 1 aromatic carbocycles. The lowest BCUT2D eigenvalue weighted by atomic mass is 9.84. The van der Waals surface area contributed by atoms with E-state index in [2.05, 4.69) is 10.4 Å². The van der Waals surface area contributed by atoms with Gasteiger partial charge in [0.1, 0.15) is 6.04 Å². The maximum atomic E-state index is 13.0. The van der Waals surface area contributed by atoms with Crippen LogP contribution < -0.4 is 11.1 Å². The summed E-state index contributed by atoms with van der Waals surface area (Å²) in [6, 6.07) is 6.06. The number of aromatic nitrogens is 2. The van der Waals surface area contributed by atoms with Gasteiger partial charge in [-0.1, -0.05) is 37.5 Å². The largest absolute Gasteiger partial charge is 0.481 e. The Morgan fingerprint density at radius 3 is 2.52 bits per heavy atom. The second-order valence-corrected chi connectivity index (χ2v) is 8.39. The molecule has 0 bridgehead atoms. The Morgan fingerprint density at radius 2 is 1.90 bits per heavy atom. The molecular weight excluding hydrogens is 372 g/mol. The van der Waals surface area contributed by atoms with Crippen molar-refractivity contribution in [3.8, 4) is 0 Å². The fourth-order valence-electron chi connectivity index (χ4n) is 3.98. The molecule has 1 aliphatic carbocycles. The van der Waals surface area contributed by atoms with Gasteiger partial charge in [-0.25, -0.2) is 0 Å². The van der Waals surface area contributed by atoms with Crippen molar-refractivity contribution in [1.82, 2.24) is 15.1 Å². The first kappa shape index (κ1) is 20.8. The van der Waals surface area contributed by atoms with E-state index >= 15 is 0 Å². The van der Waals surface area contributed by atoms with Gasteiger partial charge in [-0.15, -0.1) is 0 Å². The fraction of sp³-hybridized carbons (Fsp3) is 0.524. The number of para-hydroxylation sites is 1. The molecular formula is C21H28N4O4. The van der Waals surface area contributed by atoms with Gasteiger partial charge >= 0.3 is 5.97 Å². The molecule has 2 amide bonds. The first-order valence-corrected chi connectivity index (χ1v) is 10.0. The number of primary amides is 1. The predicted octanol–water partition coefficient (Wildman–Crippen LogP) is 2.31. The molecule has 8 nitrogen and oxygen atoms in total. The number of carboxylic acid groups (broad SMARTS) is 1. The standard InChI is InChI=1S/C21H28N4O4/c1-21(2,20(28)29)17(18(22)26)23-19(27)16-14-10-6-7-11-15(14)25(24-16)12-13-8-4-3-5-9-13/h6-7,10-11,13,17H,3-5,8-9,12H2,1-2H3,(H2,22,26)(H,23,27)(H,28,29)/t17-/m1/s1. The third-order valence-electron chi connectivity index (χ3n) is 5.86. The van der Waals surface area contributed by atoms with E-state index in [1.165, 1.54) is 33.1 Å². The van der Waals surface area contributed by atoms with Crippen molar-refractivity contribution in [1.29, 1.82) is 0 Å². The number of carbonyl (C=O) groups is 3. The highest BCUT2D eigenvalue weighted by Crippen LogP contribution is 2.28. The van der Waals surface area contributed by atoms with Gasteiger partial charge in [-0.3, -0.25) is 19.1 Å². The molecule has 1 atom stereocenters. The molecule has 1 saturated carbocycles. The average molecular weight is 400 g/mol. The molecule has 156 valence electrons. The third-order valence-corrected chi connectivity index (χ3v) is 5.86. The number of fused-ring (bicyclic) bond motifs is 1. The lowest BCUT2D eigenvalue weighted by Crippen LogP contribution is -2.56. The summed E-state index contributed by atoms with van der Waals surface area (Å²) in [6.45, 7) is 3.43. The topological polar surface area (TPSA) is 127 Å². The molecule has 0 saturated heterocycles. The Morgan fingerprint density at radius 1 is 1.24 bits per heavy atom. The zero-order valence-electron chi connectivity index (χ0n) is 16.9. The molecule has 4 N–H and O–H groups in total. The zero-order valence-corrected chi connectivity index (χ0v) is 16.9. The lowest BCUT2D eigenvalue weighted by Gasteiger charge is -2.28. The average Bonchev–Trinajstić information content (AvgIpc) is 3.05. The summed E-state index contributed by atoms with van der Waals surface area (Å²) < 4.78 is 1.85. The van der Waals surface area contributed by atoms with Crippen LogP contribution in [0.15, 0.2) is 24.3 Å². The van der Waals surface area contributed by atoms with Crippen molar-refractivity contribution in [2.45, 2.75) is 58.5 Å². The molecule has 2 aromatic rings. The monoisotopic (exact) mass is 400 g/mol. The number of nitrogens with two attached hydrogens (primary N) is 1. The van der Waals surface area contributed by atoms with Gasteiger partial charge in [-0.05, 0) is 38.7 Å². The van der Waals surface area contributed by atoms with Crippen LogP contribution in [0.25, 0.3) is 10.9 Å². The first-order chi connectivity index (χ1) is 13.7. The molecule has 0 aliphatic heterocycles. The number of amides is 2. The minimum absolute atomic E-state index is 0.170. The maximum absolute atomic E-state index is 13.0. The molecule has 1 heterocycles. The van der Waals surface area contributed by atoms with Gasteiger partial charge in [0.15, 0.2) is 5.69 Å². The molecule has 1 fully saturated rings. The number of aliphatic carboxylic acids is 1. The van der Waals surface area contributed by atoms with E-state index in [-0.39, 0.29) is 5.69 Å². The van der Waals surface area contributed by atoms with Gasteiger partial charge in [0.2, 0.25) is 5.91 Å². The van der Waals surface area contributed by atoms with Gasteiger partial charge in [-0.2, -0.15) is 5.10 Å². The number of carbonyl (C=O) groups excluding carboxylic acids is 2. The summed E-state index contributed by atoms with van der Waals surface area (Å²) in [4.78, 5) is 36.4. The molecule has 0 spiro atoms. The van der Waals surface area contributed by atoms with Crippen LogP contribution in [0, 0.1) is 11.3 Å². The van der Waals surface area contributed by atoms with Crippen molar-refractivity contribution in [3.05, 3.63) is 30.0 Å². The predicted molar refractivity (Wildman–Crippen MR) is 108 cm³/mol. The molecule has 1 aromatic heterocycles. The van der Waals surface area contributed by atoms with Crippen molar-refractivity contribution < 1.29 is 19.5 Å². The molecule has 0 unspecified atom stereocenters. The summed E-state index contributed by atoms with van der Waals surface area (Å²) in [5.41, 5.74) is 4.85. The van der Waals surface area contributed by atoms with Crippen molar-refractivity contribution >= 4 is 28.7 Å². The number of nitrogens with zero attached hydrogens (tertiary/aromatic N) is 2. The van der Waals surface area contributed by atoms with Crippen LogP contribution in [0.3, 0.4) is 0 Å². The number of hydrogen-bond acceptors (Lipinski definition) is 4. The number of hydrogen-bond donors (Lipinski definition) is 3. The molecule has 8 heteroatoms. The van der Waals surface area contributed by atoms with Crippen LogP contribution in [0.4, 0.5) is 0 Å². The third kappa shape index (κ3) is 4.26. The zero-order chi connectivity index (χ0) is 21.2. The van der Waals surface area contributed by atoms with Crippen molar-refractivity contribution in [2.24, 2.45) is 17.1 Å². The van der Waals surface area contributed by atoms with Gasteiger partial charge in [0.05, 0.1) is 10.9 Å². The first-order valence-electron chi connectivity index (χ1n) is 10.0. The minimum atomic E-state index is -1.55. The number of benzene rings is 1. The summed E-state index contributed by atoms with van der Waals surface area (Å²) in [6.07, 6.45) is 5.97. The van der Waals surface area contributed by atoms with E-state index in [1.807, 2.05) is 22.9 Å². The Labute approximate surface area is 169 Å². The number of carboxylic acids is 1. The van der Waals surface area contributed by atoms with Crippen LogP contribution in [0.2, 0.25) is 0 Å². The van der Waals surface area contributed by atoms with Gasteiger partial charge in [0.25, 0.3) is 5.91 Å². The Bertz CT molecular complexity index is 928. The molecule has 0 radical (unpaired) electrons. The maximum Gasteiger partial charge on any atom is 0.311 e.